The van der Waals surface area contributed by atoms with Crippen LogP contribution in [0.4, 0.5) is 0 Å². The van der Waals surface area contributed by atoms with Crippen molar-refractivity contribution in [3.63, 3.8) is 0 Å². The summed E-state index contributed by atoms with van der Waals surface area (Å²) >= 11 is 1.62. The van der Waals surface area contributed by atoms with Gasteiger partial charge in [-0.3, -0.25) is 4.40 Å². The number of nitrogens with zero attached hydrogens (tertiary/aromatic N) is 2. The predicted octanol–water partition coefficient (Wildman–Crippen LogP) is 1.70. The topological polar surface area (TPSA) is 43.3 Å². The summed E-state index contributed by atoms with van der Waals surface area (Å²) in [5.41, 5.74) is 6.35. The average molecular weight is 226 g/mol. The summed E-state index contributed by atoms with van der Waals surface area (Å²) in [6.45, 7) is 0.522. The molecule has 0 radical (unpaired) electrons. The van der Waals surface area contributed by atoms with Crippen LogP contribution in [0.15, 0.2) is 17.8 Å². The molecule has 0 aliphatic rings. The Morgan fingerprint density at radius 1 is 1.50 bits per heavy atom. The molecule has 0 fully saturated rings. The van der Waals surface area contributed by atoms with E-state index in [-0.39, 0.29) is 24.8 Å². The molecule has 2 rings (SSSR count). The summed E-state index contributed by atoms with van der Waals surface area (Å²) in [7, 11) is 0. The minimum atomic E-state index is 0. The maximum atomic E-state index is 5.40. The van der Waals surface area contributed by atoms with Crippen LogP contribution >= 0.6 is 36.2 Å². The van der Waals surface area contributed by atoms with Crippen molar-refractivity contribution >= 4 is 41.1 Å². The number of halogens is 2. The summed E-state index contributed by atoms with van der Waals surface area (Å²) in [4.78, 5) is 5.26. The second kappa shape index (κ2) is 4.67. The Hall–Kier alpha value is -0.290. The zero-order chi connectivity index (χ0) is 6.97. The van der Waals surface area contributed by atoms with E-state index in [1.807, 2.05) is 22.2 Å². The van der Waals surface area contributed by atoms with Crippen molar-refractivity contribution in [3.05, 3.63) is 23.5 Å². The number of imidazole rings is 1. The minimum absolute atomic E-state index is 0. The molecule has 0 saturated heterocycles. The van der Waals surface area contributed by atoms with E-state index in [2.05, 4.69) is 4.98 Å². The van der Waals surface area contributed by atoms with E-state index < -0.39 is 0 Å². The standard InChI is InChI=1S/C6H7N3S.2ClH/c7-3-5-4-9-1-2-10-6(9)8-5;;/h1-2,4H,3,7H2;2*1H. The maximum Gasteiger partial charge on any atom is 0.193 e. The summed E-state index contributed by atoms with van der Waals surface area (Å²) in [6, 6.07) is 0. The molecular weight excluding hydrogens is 217 g/mol. The zero-order valence-electron chi connectivity index (χ0n) is 6.14. The lowest BCUT2D eigenvalue weighted by Gasteiger charge is -1.79. The molecule has 2 heterocycles. The quantitative estimate of drug-likeness (QED) is 0.804. The van der Waals surface area contributed by atoms with Crippen LogP contribution in [0.2, 0.25) is 0 Å². The van der Waals surface area contributed by atoms with Gasteiger partial charge in [0.05, 0.1) is 5.69 Å². The molecule has 0 aliphatic carbocycles. The van der Waals surface area contributed by atoms with Gasteiger partial charge < -0.3 is 5.73 Å². The van der Waals surface area contributed by atoms with Crippen molar-refractivity contribution in [1.29, 1.82) is 0 Å². The number of fused-ring (bicyclic) bond motifs is 1. The smallest absolute Gasteiger partial charge is 0.193 e. The molecule has 2 aromatic rings. The number of hydrogen-bond acceptors (Lipinski definition) is 3. The van der Waals surface area contributed by atoms with E-state index in [1.165, 1.54) is 0 Å². The molecule has 0 unspecified atom stereocenters. The Bertz CT molecular complexity index is 315. The molecule has 3 nitrogen and oxygen atoms in total. The lowest BCUT2D eigenvalue weighted by Crippen LogP contribution is -1.95. The first-order chi connectivity index (χ1) is 4.90. The van der Waals surface area contributed by atoms with Crippen molar-refractivity contribution in [3.8, 4) is 0 Å². The summed E-state index contributed by atoms with van der Waals surface area (Å²) in [6.07, 6.45) is 3.93. The predicted molar refractivity (Wildman–Crippen MR) is 55.5 cm³/mol. The van der Waals surface area contributed by atoms with Crippen LogP contribution in [0.3, 0.4) is 0 Å². The van der Waals surface area contributed by atoms with Crippen LogP contribution in [-0.4, -0.2) is 9.38 Å². The molecule has 0 bridgehead atoms. The highest BCUT2D eigenvalue weighted by molar-refractivity contribution is 7.15. The van der Waals surface area contributed by atoms with Crippen molar-refractivity contribution in [2.24, 2.45) is 5.73 Å². The fourth-order valence-corrected chi connectivity index (χ4v) is 1.59. The molecule has 68 valence electrons. The van der Waals surface area contributed by atoms with Gasteiger partial charge in [0.2, 0.25) is 0 Å². The molecule has 2 N–H and O–H groups in total. The first-order valence-electron chi connectivity index (χ1n) is 3.01. The molecule has 6 heteroatoms. The van der Waals surface area contributed by atoms with Crippen molar-refractivity contribution in [2.45, 2.75) is 6.54 Å². The molecule has 0 aliphatic heterocycles. The lowest BCUT2D eigenvalue weighted by molar-refractivity contribution is 1.02. The van der Waals surface area contributed by atoms with E-state index >= 15 is 0 Å². The van der Waals surface area contributed by atoms with Gasteiger partial charge in [-0.25, -0.2) is 4.98 Å². The summed E-state index contributed by atoms with van der Waals surface area (Å²) in [5.74, 6) is 0. The SMILES string of the molecule is Cl.Cl.NCc1cn2ccsc2n1. The van der Waals surface area contributed by atoms with Gasteiger partial charge in [-0.2, -0.15) is 0 Å². The van der Waals surface area contributed by atoms with Gasteiger partial charge in [0.1, 0.15) is 0 Å². The number of aromatic nitrogens is 2. The van der Waals surface area contributed by atoms with Crippen LogP contribution < -0.4 is 5.73 Å². The van der Waals surface area contributed by atoms with Crippen LogP contribution in [0.25, 0.3) is 4.96 Å². The van der Waals surface area contributed by atoms with Crippen LogP contribution in [0.5, 0.6) is 0 Å². The Kier molecular flexibility index (Phi) is 4.55. The second-order valence-electron chi connectivity index (χ2n) is 2.03. The Balaban J connectivity index is 0.000000605. The highest BCUT2D eigenvalue weighted by Gasteiger charge is 1.98. The maximum absolute atomic E-state index is 5.40. The van der Waals surface area contributed by atoms with Gasteiger partial charge in [0, 0.05) is 24.3 Å². The highest BCUT2D eigenvalue weighted by atomic mass is 35.5. The second-order valence-corrected chi connectivity index (χ2v) is 2.90. The number of rotatable bonds is 1. The fraction of sp³-hybridized carbons (Fsp3) is 0.167. The van der Waals surface area contributed by atoms with Gasteiger partial charge in [-0.1, -0.05) is 0 Å². The normalized spacial score (nSPS) is 9.08. The third kappa shape index (κ3) is 1.90. The molecule has 0 aromatic carbocycles. The summed E-state index contributed by atoms with van der Waals surface area (Å²) in [5, 5.41) is 2.00. The third-order valence-electron chi connectivity index (χ3n) is 1.35. The third-order valence-corrected chi connectivity index (χ3v) is 2.12. The van der Waals surface area contributed by atoms with Crippen LogP contribution in [0, 0.1) is 0 Å². The Labute approximate surface area is 86.4 Å². The van der Waals surface area contributed by atoms with Gasteiger partial charge >= 0.3 is 0 Å². The first kappa shape index (κ1) is 11.7. The molecule has 0 atom stereocenters. The largest absolute Gasteiger partial charge is 0.325 e. The van der Waals surface area contributed by atoms with E-state index in [4.69, 9.17) is 5.73 Å². The van der Waals surface area contributed by atoms with E-state index in [0.717, 1.165) is 10.7 Å². The summed E-state index contributed by atoms with van der Waals surface area (Å²) < 4.78 is 1.98. The minimum Gasteiger partial charge on any atom is -0.325 e. The molecular formula is C6H9Cl2N3S. The number of hydrogen-bond donors (Lipinski definition) is 1. The Morgan fingerprint density at radius 2 is 2.25 bits per heavy atom. The number of thiazole rings is 1. The molecule has 0 spiro atoms. The fourth-order valence-electron chi connectivity index (χ4n) is 0.874. The monoisotopic (exact) mass is 225 g/mol. The van der Waals surface area contributed by atoms with Crippen molar-refractivity contribution < 1.29 is 0 Å². The first-order valence-corrected chi connectivity index (χ1v) is 3.89. The highest BCUT2D eigenvalue weighted by Crippen LogP contribution is 2.10. The molecule has 0 saturated carbocycles. The van der Waals surface area contributed by atoms with E-state index in [1.54, 1.807) is 11.3 Å². The molecule has 12 heavy (non-hydrogen) atoms. The molecule has 0 amide bonds. The van der Waals surface area contributed by atoms with Crippen LogP contribution in [-0.2, 0) is 6.54 Å². The lowest BCUT2D eigenvalue weighted by atomic mass is 10.5. The van der Waals surface area contributed by atoms with E-state index in [0.29, 0.717) is 6.54 Å². The van der Waals surface area contributed by atoms with Gasteiger partial charge in [0.15, 0.2) is 4.96 Å². The van der Waals surface area contributed by atoms with Gasteiger partial charge in [-0.05, 0) is 0 Å². The van der Waals surface area contributed by atoms with Crippen LogP contribution in [0.1, 0.15) is 5.69 Å². The zero-order valence-corrected chi connectivity index (χ0v) is 8.59. The Morgan fingerprint density at radius 3 is 2.83 bits per heavy atom. The van der Waals surface area contributed by atoms with E-state index in [9.17, 15) is 0 Å². The van der Waals surface area contributed by atoms with Gasteiger partial charge in [0.25, 0.3) is 0 Å². The van der Waals surface area contributed by atoms with Crippen molar-refractivity contribution in [1.82, 2.24) is 9.38 Å². The van der Waals surface area contributed by atoms with Gasteiger partial charge in [-0.15, -0.1) is 36.2 Å². The molecule has 2 aromatic heterocycles. The van der Waals surface area contributed by atoms with Crippen molar-refractivity contribution in [2.75, 3.05) is 0 Å². The number of nitrogens with two attached hydrogens (primary N) is 1. The average Bonchev–Trinajstić information content (AvgIpc) is 2.42.